The summed E-state index contributed by atoms with van der Waals surface area (Å²) in [6.45, 7) is 0. The highest BCUT2D eigenvalue weighted by Gasteiger charge is 2.03. The predicted octanol–water partition coefficient (Wildman–Crippen LogP) is 3.02. The third-order valence-electron chi connectivity index (χ3n) is 1.31. The van der Waals surface area contributed by atoms with Crippen molar-refractivity contribution in [3.05, 3.63) is 34.9 Å². The normalized spacial score (nSPS) is 12.5. The maximum Gasteiger partial charge on any atom is 0.137 e. The van der Waals surface area contributed by atoms with Crippen molar-refractivity contribution in [1.29, 1.82) is 0 Å². The molecule has 0 amide bonds. The molecule has 58 valence electrons. The average molecular weight is 280 g/mol. The summed E-state index contributed by atoms with van der Waals surface area (Å²) in [5.74, 6) is 0. The van der Waals surface area contributed by atoms with Crippen LogP contribution in [0.4, 0.5) is 0 Å². The molecule has 0 N–H and O–H groups in total. The van der Waals surface area contributed by atoms with Crippen LogP contribution >= 0.6 is 34.2 Å². The SMILES string of the molecule is O=CC(I)c1ccc(Cl)cc1. The Morgan fingerprint density at radius 3 is 2.36 bits per heavy atom. The lowest BCUT2D eigenvalue weighted by atomic mass is 10.2. The Hall–Kier alpha value is -0.0900. The molecule has 0 aliphatic rings. The van der Waals surface area contributed by atoms with E-state index in [0.717, 1.165) is 11.8 Å². The summed E-state index contributed by atoms with van der Waals surface area (Å²) in [5.41, 5.74) is 0.991. The zero-order chi connectivity index (χ0) is 8.27. The topological polar surface area (TPSA) is 17.1 Å². The predicted molar refractivity (Wildman–Crippen MR) is 54.3 cm³/mol. The minimum atomic E-state index is -0.0649. The minimum absolute atomic E-state index is 0.0649. The van der Waals surface area contributed by atoms with Gasteiger partial charge in [-0.05, 0) is 17.7 Å². The number of benzene rings is 1. The fourth-order valence-electron chi connectivity index (χ4n) is 0.725. The van der Waals surface area contributed by atoms with Crippen LogP contribution in [0.15, 0.2) is 24.3 Å². The number of hydrogen-bond acceptors (Lipinski definition) is 1. The van der Waals surface area contributed by atoms with Gasteiger partial charge in [-0.3, -0.25) is 0 Å². The molecule has 0 spiro atoms. The first-order valence-electron chi connectivity index (χ1n) is 3.09. The van der Waals surface area contributed by atoms with E-state index < -0.39 is 0 Å². The van der Waals surface area contributed by atoms with Crippen LogP contribution in [0.1, 0.15) is 9.49 Å². The van der Waals surface area contributed by atoms with Gasteiger partial charge in [0, 0.05) is 5.02 Å². The van der Waals surface area contributed by atoms with Gasteiger partial charge in [0.2, 0.25) is 0 Å². The molecule has 1 aromatic carbocycles. The van der Waals surface area contributed by atoms with Crippen molar-refractivity contribution in [2.24, 2.45) is 0 Å². The molecule has 1 atom stereocenters. The lowest BCUT2D eigenvalue weighted by Crippen LogP contribution is -1.88. The first-order valence-corrected chi connectivity index (χ1v) is 4.71. The van der Waals surface area contributed by atoms with E-state index >= 15 is 0 Å². The zero-order valence-corrected chi connectivity index (χ0v) is 8.54. The third-order valence-corrected chi connectivity index (χ3v) is 2.57. The Morgan fingerprint density at radius 1 is 1.36 bits per heavy atom. The molecule has 3 heteroatoms. The first kappa shape index (κ1) is 9.00. The molecule has 0 bridgehead atoms. The second-order valence-corrected chi connectivity index (χ2v) is 3.87. The largest absolute Gasteiger partial charge is 0.302 e. The van der Waals surface area contributed by atoms with Gasteiger partial charge in [0.25, 0.3) is 0 Å². The van der Waals surface area contributed by atoms with Crippen molar-refractivity contribution in [3.63, 3.8) is 0 Å². The average Bonchev–Trinajstić information content (AvgIpc) is 2.05. The number of hydrogen-bond donors (Lipinski definition) is 0. The fraction of sp³-hybridized carbons (Fsp3) is 0.125. The van der Waals surface area contributed by atoms with Crippen LogP contribution in [0.5, 0.6) is 0 Å². The van der Waals surface area contributed by atoms with E-state index in [-0.39, 0.29) is 3.92 Å². The maximum absolute atomic E-state index is 10.3. The van der Waals surface area contributed by atoms with Crippen molar-refractivity contribution in [3.8, 4) is 0 Å². The van der Waals surface area contributed by atoms with Crippen molar-refractivity contribution in [2.45, 2.75) is 3.92 Å². The van der Waals surface area contributed by atoms with E-state index in [2.05, 4.69) is 22.6 Å². The second kappa shape index (κ2) is 4.07. The monoisotopic (exact) mass is 280 g/mol. The molecule has 0 saturated heterocycles. The molecule has 0 heterocycles. The van der Waals surface area contributed by atoms with Gasteiger partial charge in [0.15, 0.2) is 0 Å². The highest BCUT2D eigenvalue weighted by Crippen LogP contribution is 2.21. The summed E-state index contributed by atoms with van der Waals surface area (Å²) in [7, 11) is 0. The molecule has 1 rings (SSSR count). The Bertz CT molecular complexity index is 245. The van der Waals surface area contributed by atoms with Crippen molar-refractivity contribution >= 4 is 40.5 Å². The Morgan fingerprint density at radius 2 is 1.91 bits per heavy atom. The number of halogens is 2. The minimum Gasteiger partial charge on any atom is -0.302 e. The van der Waals surface area contributed by atoms with E-state index in [1.165, 1.54) is 0 Å². The number of alkyl halides is 1. The molecule has 0 aliphatic heterocycles. The van der Waals surface area contributed by atoms with Crippen molar-refractivity contribution in [2.75, 3.05) is 0 Å². The fourth-order valence-corrected chi connectivity index (χ4v) is 1.27. The molecule has 0 fully saturated rings. The molecule has 0 radical (unpaired) electrons. The highest BCUT2D eigenvalue weighted by molar-refractivity contribution is 14.1. The molecule has 0 aliphatic carbocycles. The third kappa shape index (κ3) is 2.45. The summed E-state index contributed by atoms with van der Waals surface area (Å²) >= 11 is 7.74. The highest BCUT2D eigenvalue weighted by atomic mass is 127. The zero-order valence-electron chi connectivity index (χ0n) is 5.63. The van der Waals surface area contributed by atoms with Gasteiger partial charge in [-0.15, -0.1) is 0 Å². The number of aldehydes is 1. The Kier molecular flexibility index (Phi) is 3.33. The van der Waals surface area contributed by atoms with Gasteiger partial charge in [-0.1, -0.05) is 46.3 Å². The molecule has 0 aromatic heterocycles. The number of rotatable bonds is 2. The number of carbonyl (C=O) groups is 1. The van der Waals surface area contributed by atoms with E-state index in [1.54, 1.807) is 12.1 Å². The Labute approximate surface area is 83.9 Å². The summed E-state index contributed by atoms with van der Waals surface area (Å²) < 4.78 is -0.0649. The quantitative estimate of drug-likeness (QED) is 0.462. The van der Waals surface area contributed by atoms with Crippen LogP contribution < -0.4 is 0 Å². The number of carbonyl (C=O) groups excluding carboxylic acids is 1. The van der Waals surface area contributed by atoms with Gasteiger partial charge >= 0.3 is 0 Å². The second-order valence-electron chi connectivity index (χ2n) is 2.09. The summed E-state index contributed by atoms with van der Waals surface area (Å²) in [4.78, 5) is 10.3. The van der Waals surface area contributed by atoms with E-state index in [9.17, 15) is 4.79 Å². The lowest BCUT2D eigenvalue weighted by Gasteiger charge is -2.00. The molecule has 1 unspecified atom stereocenters. The van der Waals surface area contributed by atoms with Gasteiger partial charge in [-0.2, -0.15) is 0 Å². The van der Waals surface area contributed by atoms with Crippen LogP contribution in [0, 0.1) is 0 Å². The smallest absolute Gasteiger partial charge is 0.137 e. The summed E-state index contributed by atoms with van der Waals surface area (Å²) in [5, 5.41) is 0.697. The standard InChI is InChI=1S/C8H6ClIO/c9-7-3-1-6(2-4-7)8(10)5-11/h1-5,8H. The Balaban J connectivity index is 2.89. The van der Waals surface area contributed by atoms with Crippen LogP contribution in [-0.4, -0.2) is 6.29 Å². The molecule has 11 heavy (non-hydrogen) atoms. The first-order chi connectivity index (χ1) is 5.24. The molecule has 1 nitrogen and oxygen atoms in total. The van der Waals surface area contributed by atoms with Gasteiger partial charge in [-0.25, -0.2) is 0 Å². The molecule has 0 saturated carbocycles. The van der Waals surface area contributed by atoms with Crippen molar-refractivity contribution < 1.29 is 4.79 Å². The van der Waals surface area contributed by atoms with Gasteiger partial charge in [0.1, 0.15) is 6.29 Å². The van der Waals surface area contributed by atoms with Gasteiger partial charge < -0.3 is 4.79 Å². The van der Waals surface area contributed by atoms with Gasteiger partial charge in [0.05, 0.1) is 3.92 Å². The van der Waals surface area contributed by atoms with Crippen LogP contribution in [-0.2, 0) is 4.79 Å². The summed E-state index contributed by atoms with van der Waals surface area (Å²) in [6, 6.07) is 7.28. The van der Waals surface area contributed by atoms with Crippen LogP contribution in [0.2, 0.25) is 5.02 Å². The van der Waals surface area contributed by atoms with E-state index in [1.807, 2.05) is 12.1 Å². The van der Waals surface area contributed by atoms with E-state index in [4.69, 9.17) is 11.6 Å². The summed E-state index contributed by atoms with van der Waals surface area (Å²) in [6.07, 6.45) is 0.907. The molecule has 1 aromatic rings. The maximum atomic E-state index is 10.3. The molecular weight excluding hydrogens is 274 g/mol. The van der Waals surface area contributed by atoms with Crippen LogP contribution in [0.3, 0.4) is 0 Å². The van der Waals surface area contributed by atoms with E-state index in [0.29, 0.717) is 5.02 Å². The van der Waals surface area contributed by atoms with Crippen molar-refractivity contribution in [1.82, 2.24) is 0 Å². The lowest BCUT2D eigenvalue weighted by molar-refractivity contribution is -0.107. The molecular formula is C8H6ClIO. The van der Waals surface area contributed by atoms with Crippen LogP contribution in [0.25, 0.3) is 0 Å².